The molecule has 0 spiro atoms. The molecule has 0 aliphatic rings. The molecule has 0 saturated heterocycles. The summed E-state index contributed by atoms with van der Waals surface area (Å²) in [6.45, 7) is 7.72. The Kier molecular flexibility index (Phi) is 4.65. The van der Waals surface area contributed by atoms with Gasteiger partial charge in [0, 0.05) is 11.8 Å². The fraction of sp³-hybridized carbons (Fsp3) is 0.417. The highest BCUT2D eigenvalue weighted by Gasteiger charge is 2.11. The van der Waals surface area contributed by atoms with Crippen LogP contribution in [0, 0.1) is 6.92 Å². The topological polar surface area (TPSA) is 78.3 Å². The van der Waals surface area contributed by atoms with Crippen LogP contribution in [-0.2, 0) is 4.74 Å². The normalized spacial score (nSPS) is 11.1. The molecule has 98 valence electrons. The summed E-state index contributed by atoms with van der Waals surface area (Å²) in [5.41, 5.74) is 7.21. The number of rotatable bonds is 2. The first kappa shape index (κ1) is 14.0. The highest BCUT2D eigenvalue weighted by atomic mass is 16.5. The van der Waals surface area contributed by atoms with E-state index in [-0.39, 0.29) is 0 Å². The first-order chi connectivity index (χ1) is 8.65. The van der Waals surface area contributed by atoms with E-state index >= 15 is 0 Å². The van der Waals surface area contributed by atoms with Crippen LogP contribution in [0.15, 0.2) is 12.1 Å². The van der Waals surface area contributed by atoms with E-state index in [1.807, 2.05) is 33.8 Å². The maximum absolute atomic E-state index is 5.74. The van der Waals surface area contributed by atoms with Crippen molar-refractivity contribution in [3.05, 3.63) is 23.7 Å². The molecule has 0 amide bonds. The van der Waals surface area contributed by atoms with Crippen LogP contribution in [0.1, 0.15) is 32.3 Å². The standard InChI is InChI=1S/C10H13N5O.C2H6/c1-4-7(16-3)9-13-8-5-6(2)12-10(11)15(8)14-9;1-2/h4-5H,1-3H3,(H2,11,12);1-2H3/b7-4-;. The van der Waals surface area contributed by atoms with E-state index in [0.717, 1.165) is 5.69 Å². The second-order valence-corrected chi connectivity index (χ2v) is 3.32. The van der Waals surface area contributed by atoms with Crippen molar-refractivity contribution in [2.24, 2.45) is 0 Å². The first-order valence-electron chi connectivity index (χ1n) is 5.86. The Hall–Kier alpha value is -2.11. The number of ether oxygens (including phenoxy) is 1. The SMILES string of the molecule is C/C=C(\OC)c1nc2cc(C)nc(N)n2n1.CC. The molecule has 2 rings (SSSR count). The van der Waals surface area contributed by atoms with Crippen LogP contribution in [0.5, 0.6) is 0 Å². The average Bonchev–Trinajstić information content (AvgIpc) is 2.77. The van der Waals surface area contributed by atoms with Crippen LogP contribution in [0.4, 0.5) is 5.95 Å². The van der Waals surface area contributed by atoms with Crippen LogP contribution in [-0.4, -0.2) is 26.7 Å². The van der Waals surface area contributed by atoms with Crippen LogP contribution in [0.3, 0.4) is 0 Å². The van der Waals surface area contributed by atoms with E-state index in [1.54, 1.807) is 13.2 Å². The molecular formula is C12H19N5O. The summed E-state index contributed by atoms with van der Waals surface area (Å²) in [5.74, 6) is 1.44. The fourth-order valence-corrected chi connectivity index (χ4v) is 1.48. The largest absolute Gasteiger partial charge is 0.493 e. The molecule has 0 saturated carbocycles. The number of aryl methyl sites for hydroxylation is 1. The number of nitrogen functional groups attached to an aromatic ring is 1. The van der Waals surface area contributed by atoms with Crippen molar-refractivity contribution < 1.29 is 4.74 Å². The Bertz CT molecular complexity index is 559. The van der Waals surface area contributed by atoms with Gasteiger partial charge in [0.1, 0.15) is 0 Å². The number of methoxy groups -OCH3 is 1. The first-order valence-corrected chi connectivity index (χ1v) is 5.86. The Morgan fingerprint density at radius 2 is 2.06 bits per heavy atom. The van der Waals surface area contributed by atoms with Gasteiger partial charge in [0.25, 0.3) is 0 Å². The summed E-state index contributed by atoms with van der Waals surface area (Å²) < 4.78 is 6.64. The predicted octanol–water partition coefficient (Wildman–Crippen LogP) is 2.05. The van der Waals surface area contributed by atoms with Crippen molar-refractivity contribution in [2.45, 2.75) is 27.7 Å². The molecule has 0 aliphatic heterocycles. The minimum absolute atomic E-state index is 0.320. The minimum atomic E-state index is 0.320. The second kappa shape index (κ2) is 6.00. The number of allylic oxidation sites excluding steroid dienone is 1. The number of fused-ring (bicyclic) bond motifs is 1. The molecule has 2 N–H and O–H groups in total. The third-order valence-electron chi connectivity index (χ3n) is 2.18. The lowest BCUT2D eigenvalue weighted by molar-refractivity contribution is 0.365. The Morgan fingerprint density at radius 1 is 1.39 bits per heavy atom. The van der Waals surface area contributed by atoms with Crippen LogP contribution in [0.2, 0.25) is 0 Å². The molecular weight excluding hydrogens is 230 g/mol. The summed E-state index contributed by atoms with van der Waals surface area (Å²) in [6, 6.07) is 1.82. The van der Waals surface area contributed by atoms with Crippen molar-refractivity contribution in [2.75, 3.05) is 12.8 Å². The van der Waals surface area contributed by atoms with Gasteiger partial charge >= 0.3 is 0 Å². The second-order valence-electron chi connectivity index (χ2n) is 3.32. The van der Waals surface area contributed by atoms with Gasteiger partial charge < -0.3 is 10.5 Å². The maximum Gasteiger partial charge on any atom is 0.223 e. The summed E-state index contributed by atoms with van der Waals surface area (Å²) in [7, 11) is 1.58. The van der Waals surface area contributed by atoms with Crippen LogP contribution < -0.4 is 5.73 Å². The van der Waals surface area contributed by atoms with E-state index in [4.69, 9.17) is 10.5 Å². The van der Waals surface area contributed by atoms with Gasteiger partial charge in [0.05, 0.1) is 7.11 Å². The highest BCUT2D eigenvalue weighted by Crippen LogP contribution is 2.14. The summed E-state index contributed by atoms with van der Waals surface area (Å²) >= 11 is 0. The molecule has 0 bridgehead atoms. The van der Waals surface area contributed by atoms with Gasteiger partial charge in [-0.3, -0.25) is 0 Å². The molecule has 0 aromatic carbocycles. The van der Waals surface area contributed by atoms with Gasteiger partial charge in [-0.1, -0.05) is 13.8 Å². The van der Waals surface area contributed by atoms with Crippen molar-refractivity contribution in [1.29, 1.82) is 0 Å². The molecule has 0 unspecified atom stereocenters. The molecule has 6 nitrogen and oxygen atoms in total. The molecule has 2 aromatic heterocycles. The Morgan fingerprint density at radius 3 is 2.61 bits per heavy atom. The molecule has 0 fully saturated rings. The van der Waals surface area contributed by atoms with E-state index in [9.17, 15) is 0 Å². The predicted molar refractivity (Wildman–Crippen MR) is 71.9 cm³/mol. The number of hydrogen-bond acceptors (Lipinski definition) is 5. The fourth-order valence-electron chi connectivity index (χ4n) is 1.48. The van der Waals surface area contributed by atoms with E-state index in [2.05, 4.69) is 15.1 Å². The monoisotopic (exact) mass is 249 g/mol. The third kappa shape index (κ3) is 2.58. The summed E-state index contributed by atoms with van der Waals surface area (Å²) in [5, 5.41) is 4.22. The molecule has 6 heteroatoms. The van der Waals surface area contributed by atoms with Crippen molar-refractivity contribution in [1.82, 2.24) is 19.6 Å². The van der Waals surface area contributed by atoms with Crippen molar-refractivity contribution in [3.63, 3.8) is 0 Å². The van der Waals surface area contributed by atoms with Gasteiger partial charge in [-0.05, 0) is 19.9 Å². The number of anilines is 1. The van der Waals surface area contributed by atoms with Crippen LogP contribution in [0.25, 0.3) is 11.4 Å². The lowest BCUT2D eigenvalue weighted by Crippen LogP contribution is -2.03. The zero-order valence-electron chi connectivity index (χ0n) is 11.4. The van der Waals surface area contributed by atoms with Gasteiger partial charge in [0.15, 0.2) is 11.4 Å². The number of hydrogen-bond donors (Lipinski definition) is 1. The van der Waals surface area contributed by atoms with Crippen molar-refractivity contribution in [3.8, 4) is 0 Å². The Balaban J connectivity index is 0.000000771. The average molecular weight is 249 g/mol. The lowest BCUT2D eigenvalue weighted by atomic mass is 10.4. The number of aromatic nitrogens is 4. The number of nitrogens with two attached hydrogens (primary N) is 1. The lowest BCUT2D eigenvalue weighted by Gasteiger charge is -1.98. The molecule has 18 heavy (non-hydrogen) atoms. The zero-order chi connectivity index (χ0) is 13.7. The molecule has 2 aromatic rings. The number of nitrogens with zero attached hydrogens (tertiary/aromatic N) is 4. The Labute approximate surface area is 107 Å². The maximum atomic E-state index is 5.74. The van der Waals surface area contributed by atoms with Crippen LogP contribution >= 0.6 is 0 Å². The van der Waals surface area contributed by atoms with Gasteiger partial charge in [-0.25, -0.2) is 9.97 Å². The summed E-state index contributed by atoms with van der Waals surface area (Å²) in [4.78, 5) is 8.42. The van der Waals surface area contributed by atoms with E-state index in [0.29, 0.717) is 23.2 Å². The van der Waals surface area contributed by atoms with E-state index < -0.39 is 0 Å². The zero-order valence-corrected chi connectivity index (χ0v) is 11.4. The molecule has 2 heterocycles. The smallest absolute Gasteiger partial charge is 0.223 e. The van der Waals surface area contributed by atoms with Gasteiger partial charge in [0.2, 0.25) is 11.8 Å². The molecule has 0 aliphatic carbocycles. The minimum Gasteiger partial charge on any atom is -0.493 e. The third-order valence-corrected chi connectivity index (χ3v) is 2.18. The van der Waals surface area contributed by atoms with E-state index in [1.165, 1.54) is 4.52 Å². The molecule has 0 atom stereocenters. The van der Waals surface area contributed by atoms with Gasteiger partial charge in [-0.15, -0.1) is 5.10 Å². The molecule has 0 radical (unpaired) electrons. The van der Waals surface area contributed by atoms with Crippen molar-refractivity contribution >= 4 is 17.4 Å². The summed E-state index contributed by atoms with van der Waals surface area (Å²) in [6.07, 6.45) is 1.80. The quantitative estimate of drug-likeness (QED) is 0.824. The highest BCUT2D eigenvalue weighted by molar-refractivity contribution is 5.56. The van der Waals surface area contributed by atoms with Gasteiger partial charge in [-0.2, -0.15) is 4.52 Å².